The lowest BCUT2D eigenvalue weighted by atomic mass is 9.79. The fraction of sp³-hybridized carbons (Fsp3) is 0.458. The molecule has 27 heavy (non-hydrogen) atoms. The van der Waals surface area contributed by atoms with E-state index in [1.54, 1.807) is 0 Å². The minimum atomic E-state index is 0.197. The number of hydrogen-bond acceptors (Lipinski definition) is 2. The zero-order valence-corrected chi connectivity index (χ0v) is 16.6. The summed E-state index contributed by atoms with van der Waals surface area (Å²) < 4.78 is 0. The molecule has 1 atom stereocenters. The summed E-state index contributed by atoms with van der Waals surface area (Å²) in [6, 6.07) is 16.8. The maximum Gasteiger partial charge on any atom is 0.253 e. The third-order valence-corrected chi connectivity index (χ3v) is 6.25. The summed E-state index contributed by atoms with van der Waals surface area (Å²) >= 11 is 0. The molecule has 0 N–H and O–H groups in total. The second kappa shape index (κ2) is 7.47. The molecule has 0 radical (unpaired) electrons. The van der Waals surface area contributed by atoms with Crippen LogP contribution >= 0.6 is 0 Å². The van der Waals surface area contributed by atoms with Gasteiger partial charge in [-0.25, -0.2) is 0 Å². The fourth-order valence-electron chi connectivity index (χ4n) is 4.83. The number of carbonyl (C=O) groups is 1. The predicted molar refractivity (Wildman–Crippen MR) is 110 cm³/mol. The molecule has 2 aliphatic rings. The van der Waals surface area contributed by atoms with E-state index in [0.717, 1.165) is 38.2 Å². The van der Waals surface area contributed by atoms with E-state index in [2.05, 4.69) is 47.9 Å². The van der Waals surface area contributed by atoms with E-state index < -0.39 is 0 Å². The Hall–Kier alpha value is -2.13. The summed E-state index contributed by atoms with van der Waals surface area (Å²) in [5.74, 6) is 0.197. The van der Waals surface area contributed by atoms with Crippen LogP contribution in [0.2, 0.25) is 0 Å². The highest BCUT2D eigenvalue weighted by atomic mass is 16.2. The molecular formula is C24H30N2O. The van der Waals surface area contributed by atoms with Crippen LogP contribution in [0.1, 0.15) is 46.3 Å². The standard InChI is InChI=1S/C24H30N2O/c1-19-7-9-22(10-8-19)23(27)26-14-12-24(18-26)11-4-13-25(17-24)16-21-6-3-5-20(2)15-21/h3,5-10,15H,4,11-14,16-18H2,1-2H3/t24-/m1/s1. The Morgan fingerprint density at radius 2 is 1.78 bits per heavy atom. The van der Waals surface area contributed by atoms with E-state index in [0.29, 0.717) is 0 Å². The van der Waals surface area contributed by atoms with Crippen LogP contribution in [-0.4, -0.2) is 41.9 Å². The highest BCUT2D eigenvalue weighted by Gasteiger charge is 2.42. The van der Waals surface area contributed by atoms with Crippen LogP contribution in [0.3, 0.4) is 0 Å². The van der Waals surface area contributed by atoms with Crippen LogP contribution in [0.15, 0.2) is 48.5 Å². The lowest BCUT2D eigenvalue weighted by molar-refractivity contribution is 0.0675. The number of benzene rings is 2. The van der Waals surface area contributed by atoms with E-state index in [4.69, 9.17) is 0 Å². The Labute approximate surface area is 163 Å². The summed E-state index contributed by atoms with van der Waals surface area (Å²) in [6.07, 6.45) is 3.61. The fourth-order valence-corrected chi connectivity index (χ4v) is 4.83. The molecule has 4 rings (SSSR count). The van der Waals surface area contributed by atoms with E-state index >= 15 is 0 Å². The van der Waals surface area contributed by atoms with Gasteiger partial charge in [0.05, 0.1) is 0 Å². The molecule has 0 saturated carbocycles. The Morgan fingerprint density at radius 1 is 0.963 bits per heavy atom. The summed E-state index contributed by atoms with van der Waals surface area (Å²) in [5, 5.41) is 0. The molecule has 2 aromatic rings. The molecule has 3 heteroatoms. The van der Waals surface area contributed by atoms with Gasteiger partial charge >= 0.3 is 0 Å². The average Bonchev–Trinajstić information content (AvgIpc) is 3.05. The van der Waals surface area contributed by atoms with Crippen molar-refractivity contribution >= 4 is 5.91 Å². The zero-order valence-electron chi connectivity index (χ0n) is 16.6. The highest BCUT2D eigenvalue weighted by molar-refractivity contribution is 5.94. The largest absolute Gasteiger partial charge is 0.338 e. The first-order valence-electron chi connectivity index (χ1n) is 10.2. The zero-order chi connectivity index (χ0) is 18.9. The number of piperidine rings is 1. The number of nitrogens with zero attached hydrogens (tertiary/aromatic N) is 2. The number of likely N-dealkylation sites (tertiary alicyclic amines) is 2. The molecule has 1 amide bonds. The van der Waals surface area contributed by atoms with Gasteiger partial charge in [0.2, 0.25) is 0 Å². The number of rotatable bonds is 3. The molecule has 1 spiro atoms. The van der Waals surface area contributed by atoms with Gasteiger partial charge in [-0.1, -0.05) is 47.5 Å². The minimum absolute atomic E-state index is 0.197. The van der Waals surface area contributed by atoms with Crippen LogP contribution in [0.25, 0.3) is 0 Å². The van der Waals surface area contributed by atoms with Crippen LogP contribution in [-0.2, 0) is 6.54 Å². The van der Waals surface area contributed by atoms with Crippen molar-refractivity contribution in [3.63, 3.8) is 0 Å². The third kappa shape index (κ3) is 4.08. The topological polar surface area (TPSA) is 23.6 Å². The number of amides is 1. The summed E-state index contributed by atoms with van der Waals surface area (Å²) in [4.78, 5) is 17.6. The molecule has 2 saturated heterocycles. The second-order valence-corrected chi connectivity index (χ2v) is 8.65. The monoisotopic (exact) mass is 362 g/mol. The predicted octanol–water partition coefficient (Wildman–Crippen LogP) is 4.43. The lowest BCUT2D eigenvalue weighted by Crippen LogP contribution is -2.45. The van der Waals surface area contributed by atoms with E-state index in [-0.39, 0.29) is 11.3 Å². The Bertz CT molecular complexity index is 813. The normalized spacial score (nSPS) is 23.1. The second-order valence-electron chi connectivity index (χ2n) is 8.65. The van der Waals surface area contributed by atoms with Crippen LogP contribution in [0.5, 0.6) is 0 Å². The summed E-state index contributed by atoms with van der Waals surface area (Å²) in [5.41, 5.74) is 5.03. The van der Waals surface area contributed by atoms with Gasteiger partial charge in [-0.3, -0.25) is 9.69 Å². The molecule has 3 nitrogen and oxygen atoms in total. The number of carbonyl (C=O) groups excluding carboxylic acids is 1. The molecule has 2 aliphatic heterocycles. The quantitative estimate of drug-likeness (QED) is 0.806. The van der Waals surface area contributed by atoms with E-state index in [1.165, 1.54) is 36.1 Å². The molecule has 0 aliphatic carbocycles. The first kappa shape index (κ1) is 18.2. The molecule has 2 fully saturated rings. The van der Waals surface area contributed by atoms with Gasteiger partial charge in [-0.05, 0) is 57.4 Å². The first-order chi connectivity index (χ1) is 13.0. The van der Waals surface area contributed by atoms with Crippen molar-refractivity contribution in [2.75, 3.05) is 26.2 Å². The Balaban J connectivity index is 1.41. The van der Waals surface area contributed by atoms with Crippen LogP contribution in [0.4, 0.5) is 0 Å². The maximum atomic E-state index is 12.9. The Morgan fingerprint density at radius 3 is 2.56 bits per heavy atom. The van der Waals surface area contributed by atoms with Gasteiger partial charge < -0.3 is 4.90 Å². The van der Waals surface area contributed by atoms with Crippen molar-refractivity contribution in [3.8, 4) is 0 Å². The molecule has 0 aromatic heterocycles. The SMILES string of the molecule is Cc1ccc(C(=O)N2CC[C@@]3(CCCN(Cc4cccc(C)c4)C3)C2)cc1. The van der Waals surface area contributed by atoms with Crippen molar-refractivity contribution in [1.82, 2.24) is 9.80 Å². The molecule has 2 heterocycles. The van der Waals surface area contributed by atoms with Gasteiger partial charge in [0.1, 0.15) is 0 Å². The van der Waals surface area contributed by atoms with E-state index in [1.807, 2.05) is 24.3 Å². The van der Waals surface area contributed by atoms with Crippen molar-refractivity contribution < 1.29 is 4.79 Å². The Kier molecular flexibility index (Phi) is 5.05. The smallest absolute Gasteiger partial charge is 0.253 e. The minimum Gasteiger partial charge on any atom is -0.338 e. The summed E-state index contributed by atoms with van der Waals surface area (Å²) in [7, 11) is 0. The van der Waals surface area contributed by atoms with Gasteiger partial charge in [0.15, 0.2) is 0 Å². The highest BCUT2D eigenvalue weighted by Crippen LogP contribution is 2.39. The third-order valence-electron chi connectivity index (χ3n) is 6.25. The van der Waals surface area contributed by atoms with Gasteiger partial charge in [0, 0.05) is 37.2 Å². The summed E-state index contributed by atoms with van der Waals surface area (Å²) in [6.45, 7) is 9.32. The number of hydrogen-bond donors (Lipinski definition) is 0. The van der Waals surface area contributed by atoms with Crippen molar-refractivity contribution in [2.24, 2.45) is 5.41 Å². The van der Waals surface area contributed by atoms with Crippen LogP contribution in [0, 0.1) is 19.3 Å². The van der Waals surface area contributed by atoms with E-state index in [9.17, 15) is 4.79 Å². The lowest BCUT2D eigenvalue weighted by Gasteiger charge is -2.40. The molecule has 0 bridgehead atoms. The molecular weight excluding hydrogens is 332 g/mol. The van der Waals surface area contributed by atoms with Gasteiger partial charge in [-0.2, -0.15) is 0 Å². The van der Waals surface area contributed by atoms with Gasteiger partial charge in [0.25, 0.3) is 5.91 Å². The molecule has 0 unspecified atom stereocenters. The van der Waals surface area contributed by atoms with Crippen molar-refractivity contribution in [3.05, 3.63) is 70.8 Å². The van der Waals surface area contributed by atoms with Crippen LogP contribution < -0.4 is 0 Å². The maximum absolute atomic E-state index is 12.9. The van der Waals surface area contributed by atoms with Gasteiger partial charge in [-0.15, -0.1) is 0 Å². The van der Waals surface area contributed by atoms with Crippen molar-refractivity contribution in [1.29, 1.82) is 0 Å². The van der Waals surface area contributed by atoms with Crippen molar-refractivity contribution in [2.45, 2.75) is 39.7 Å². The number of aryl methyl sites for hydroxylation is 2. The molecule has 142 valence electrons. The first-order valence-corrected chi connectivity index (χ1v) is 10.2. The molecule has 2 aromatic carbocycles. The average molecular weight is 363 g/mol.